The van der Waals surface area contributed by atoms with Crippen molar-refractivity contribution in [2.45, 2.75) is 29.9 Å². The van der Waals surface area contributed by atoms with Gasteiger partial charge in [-0.1, -0.05) is 0 Å². The van der Waals surface area contributed by atoms with Crippen molar-refractivity contribution in [2.24, 2.45) is 0 Å². The molecule has 1 unspecified atom stereocenters. The van der Waals surface area contributed by atoms with Crippen molar-refractivity contribution in [3.8, 4) is 0 Å². The molecule has 0 aliphatic carbocycles. The van der Waals surface area contributed by atoms with Crippen molar-refractivity contribution in [1.82, 2.24) is 0 Å². The Morgan fingerprint density at radius 2 is 1.79 bits per heavy atom. The SMILES string of the molecule is CC[O][Sn](=[O])[C](F)(F)C(F)(F)C(C)F. The first kappa shape index (κ1) is 14.2. The molecule has 0 aliphatic rings. The summed E-state index contributed by atoms with van der Waals surface area (Å²) in [6.07, 6.45) is -3.07. The molecule has 0 fully saturated rings. The van der Waals surface area contributed by atoms with E-state index < -0.39 is 36.2 Å². The monoisotopic (exact) mass is 328 g/mol. The first-order chi connectivity index (χ1) is 6.17. The Morgan fingerprint density at radius 1 is 1.36 bits per heavy atom. The molecule has 0 aromatic rings. The van der Waals surface area contributed by atoms with E-state index in [-0.39, 0.29) is 13.5 Å². The fraction of sp³-hybridized carbons (Fsp3) is 1.00. The standard InChI is InChI=1S/C4H4F5.C2H5O.O.Sn/c1-2(5)4(8,9)3(6)7;1-2-3;;/h2H,1H3;2H2,1H3;;/q;-1;;+1. The molecule has 8 heteroatoms. The van der Waals surface area contributed by atoms with Gasteiger partial charge in [0, 0.05) is 0 Å². The van der Waals surface area contributed by atoms with E-state index in [4.69, 9.17) is 0 Å². The van der Waals surface area contributed by atoms with E-state index in [1.807, 2.05) is 0 Å². The number of halogens is 5. The zero-order valence-corrected chi connectivity index (χ0v) is 10.3. The zero-order valence-electron chi connectivity index (χ0n) is 7.49. The molecule has 2 nitrogen and oxygen atoms in total. The molecule has 0 spiro atoms. The Labute approximate surface area is 85.1 Å². The number of rotatable bonds is 5. The van der Waals surface area contributed by atoms with Crippen LogP contribution in [0.4, 0.5) is 22.0 Å². The molecule has 0 saturated heterocycles. The Balaban J connectivity index is 4.84. The maximum absolute atomic E-state index is 12.7. The van der Waals surface area contributed by atoms with E-state index >= 15 is 0 Å². The summed E-state index contributed by atoms with van der Waals surface area (Å²) >= 11 is -5.25. The molecule has 0 aliphatic heterocycles. The Bertz CT molecular complexity index is 218. The van der Waals surface area contributed by atoms with Gasteiger partial charge in [-0.05, 0) is 0 Å². The van der Waals surface area contributed by atoms with Crippen LogP contribution in [0, 0.1) is 0 Å². The van der Waals surface area contributed by atoms with Crippen molar-refractivity contribution in [2.75, 3.05) is 6.61 Å². The molecule has 0 bridgehead atoms. The summed E-state index contributed by atoms with van der Waals surface area (Å²) in [4.78, 5) is 0. The summed E-state index contributed by atoms with van der Waals surface area (Å²) in [5, 5.41) is 0. The van der Waals surface area contributed by atoms with Crippen LogP contribution in [0.1, 0.15) is 13.8 Å². The molecule has 0 N–H and O–H groups in total. The van der Waals surface area contributed by atoms with Gasteiger partial charge in [0.25, 0.3) is 0 Å². The molecule has 1 atom stereocenters. The Hall–Kier alpha value is 0.209. The quantitative estimate of drug-likeness (QED) is 0.571. The van der Waals surface area contributed by atoms with Gasteiger partial charge in [-0.3, -0.25) is 0 Å². The van der Waals surface area contributed by atoms with Crippen LogP contribution in [0.15, 0.2) is 0 Å². The summed E-state index contributed by atoms with van der Waals surface area (Å²) in [5.41, 5.74) is 0. The third-order valence-corrected chi connectivity index (χ3v) is 5.44. The summed E-state index contributed by atoms with van der Waals surface area (Å²) in [6.45, 7) is 1.17. The number of hydrogen-bond acceptors (Lipinski definition) is 2. The minimum atomic E-state index is -5.25. The molecule has 0 aromatic heterocycles. The van der Waals surface area contributed by atoms with E-state index in [1.54, 1.807) is 0 Å². The topological polar surface area (TPSA) is 26.3 Å². The predicted molar refractivity (Wildman–Crippen MR) is 38.5 cm³/mol. The van der Waals surface area contributed by atoms with Gasteiger partial charge in [0.2, 0.25) is 0 Å². The van der Waals surface area contributed by atoms with Crippen LogP contribution in [0.5, 0.6) is 0 Å². The van der Waals surface area contributed by atoms with Gasteiger partial charge in [-0.25, -0.2) is 0 Å². The summed E-state index contributed by atoms with van der Waals surface area (Å²) in [7, 11) is 0. The summed E-state index contributed by atoms with van der Waals surface area (Å²) in [6, 6.07) is 0. The molecule has 84 valence electrons. The second kappa shape index (κ2) is 4.82. The molecule has 0 heterocycles. The van der Waals surface area contributed by atoms with E-state index in [1.165, 1.54) is 6.92 Å². The second-order valence-electron chi connectivity index (χ2n) is 2.53. The molecule has 14 heavy (non-hydrogen) atoms. The van der Waals surface area contributed by atoms with Crippen molar-refractivity contribution in [3.05, 3.63) is 0 Å². The fourth-order valence-corrected chi connectivity index (χ4v) is 3.22. The zero-order chi connectivity index (χ0) is 11.6. The van der Waals surface area contributed by atoms with Crippen LogP contribution in [-0.4, -0.2) is 42.8 Å². The van der Waals surface area contributed by atoms with Gasteiger partial charge < -0.3 is 0 Å². The van der Waals surface area contributed by atoms with E-state index in [0.717, 1.165) is 0 Å². The van der Waals surface area contributed by atoms with Crippen LogP contribution >= 0.6 is 0 Å². The van der Waals surface area contributed by atoms with Crippen LogP contribution < -0.4 is 0 Å². The first-order valence-electron chi connectivity index (χ1n) is 3.74. The fourth-order valence-electron chi connectivity index (χ4n) is 0.608. The molecular formula is C6H9F5O2Sn. The van der Waals surface area contributed by atoms with Crippen molar-refractivity contribution >= 4 is 20.2 Å². The van der Waals surface area contributed by atoms with E-state index in [9.17, 15) is 25.0 Å². The average Bonchev–Trinajstić information content (AvgIpc) is 2.04. The number of alkyl halides is 5. The van der Waals surface area contributed by atoms with Crippen LogP contribution in [0.3, 0.4) is 0 Å². The average molecular weight is 327 g/mol. The Morgan fingerprint density at radius 3 is 2.07 bits per heavy atom. The van der Waals surface area contributed by atoms with Crippen LogP contribution in [0.25, 0.3) is 0 Å². The van der Waals surface area contributed by atoms with E-state index in [2.05, 4.69) is 3.07 Å². The first-order valence-corrected chi connectivity index (χ1v) is 7.50. The van der Waals surface area contributed by atoms with Crippen LogP contribution in [0.2, 0.25) is 0 Å². The molecule has 0 radical (unpaired) electrons. The van der Waals surface area contributed by atoms with Gasteiger partial charge in [0.15, 0.2) is 0 Å². The predicted octanol–water partition coefficient (Wildman–Crippen LogP) is 2.11. The molecule has 0 rings (SSSR count). The van der Waals surface area contributed by atoms with Gasteiger partial charge in [-0.15, -0.1) is 0 Å². The molecule has 0 aromatic carbocycles. The van der Waals surface area contributed by atoms with Crippen molar-refractivity contribution in [1.29, 1.82) is 0 Å². The molecular weight excluding hydrogens is 318 g/mol. The van der Waals surface area contributed by atoms with Gasteiger partial charge in [0.1, 0.15) is 0 Å². The second-order valence-corrected chi connectivity index (χ2v) is 6.79. The van der Waals surface area contributed by atoms with Crippen molar-refractivity contribution in [3.63, 3.8) is 0 Å². The third-order valence-electron chi connectivity index (χ3n) is 1.45. The summed E-state index contributed by atoms with van der Waals surface area (Å²) < 4.78 is 72.5. The van der Waals surface area contributed by atoms with Crippen molar-refractivity contribution < 1.29 is 28.1 Å². The van der Waals surface area contributed by atoms with Gasteiger partial charge in [-0.2, -0.15) is 0 Å². The van der Waals surface area contributed by atoms with Gasteiger partial charge in [0.05, 0.1) is 0 Å². The third kappa shape index (κ3) is 2.62. The number of hydrogen-bond donors (Lipinski definition) is 0. The normalized spacial score (nSPS) is 15.4. The molecule has 0 amide bonds. The van der Waals surface area contributed by atoms with Gasteiger partial charge >= 0.3 is 84.8 Å². The maximum atomic E-state index is 12.7. The molecule has 0 saturated carbocycles. The van der Waals surface area contributed by atoms with Crippen LogP contribution in [-0.2, 0) is 6.15 Å². The minimum absolute atomic E-state index is 0.288. The Kier molecular flexibility index (Phi) is 4.89. The van der Waals surface area contributed by atoms with E-state index in [0.29, 0.717) is 0 Å². The summed E-state index contributed by atoms with van der Waals surface area (Å²) in [5.74, 6) is -4.93.